The molecule has 0 radical (unpaired) electrons. The summed E-state index contributed by atoms with van der Waals surface area (Å²) in [6.07, 6.45) is 1.82. The summed E-state index contributed by atoms with van der Waals surface area (Å²) in [7, 11) is 0. The van der Waals surface area contributed by atoms with Crippen molar-refractivity contribution in [1.82, 2.24) is 14.1 Å². The van der Waals surface area contributed by atoms with E-state index in [0.29, 0.717) is 13.2 Å². The average Bonchev–Trinajstić information content (AvgIpc) is 3.74. The highest BCUT2D eigenvalue weighted by Gasteiger charge is 2.14. The van der Waals surface area contributed by atoms with Crippen molar-refractivity contribution in [1.29, 1.82) is 0 Å². The lowest BCUT2D eigenvalue weighted by Gasteiger charge is -2.11. The quantitative estimate of drug-likeness (QED) is 0.160. The molecule has 53 heavy (non-hydrogen) atoms. The van der Waals surface area contributed by atoms with E-state index < -0.39 is 0 Å². The highest BCUT2D eigenvalue weighted by Crippen LogP contribution is 2.35. The number of hydrogen-bond acceptors (Lipinski definition) is 2. The van der Waals surface area contributed by atoms with Gasteiger partial charge in [0.2, 0.25) is 0 Å². The molecule has 4 nitrogen and oxygen atoms in total. The van der Waals surface area contributed by atoms with Gasteiger partial charge in [0.15, 0.2) is 0 Å². The lowest BCUT2D eigenvalue weighted by atomic mass is 10.0. The normalized spacial score (nSPS) is 11.6. The molecule has 0 bridgehead atoms. The van der Waals surface area contributed by atoms with Gasteiger partial charge in [-0.15, -0.1) is 0 Å². The Morgan fingerprint density at radius 3 is 1.38 bits per heavy atom. The number of hydrogen-bond donors (Lipinski definition) is 0. The molecule has 252 valence electrons. The summed E-state index contributed by atoms with van der Waals surface area (Å²) in [5.41, 5.74) is 13.9. The predicted octanol–water partition coefficient (Wildman–Crippen LogP) is 12.3. The SMILES string of the molecule is c1ccc(-c2ccc(COCc3ccc4c(c3)c3ccccc3n4-c3ccc(-c4ccc(-n5c6ccccc6c6ccccc65)cc4)cc3)cc2)nc1. The Kier molecular flexibility index (Phi) is 7.67. The van der Waals surface area contributed by atoms with Gasteiger partial charge in [-0.25, -0.2) is 0 Å². The predicted molar refractivity (Wildman–Crippen MR) is 219 cm³/mol. The first kappa shape index (κ1) is 31.0. The van der Waals surface area contributed by atoms with Crippen LogP contribution in [0.25, 0.3) is 77.4 Å². The standard InChI is InChI=1S/C49H35N3O/c1-4-13-46-41(9-1)42-10-2-5-14-47(42)51(46)39-25-21-36(22-26-39)37-23-27-40(28-24-37)52-48-15-6-3-11-43(48)44-31-35(18-29-49(44)52)33-53-32-34-16-19-38(20-17-34)45-12-7-8-30-50-45/h1-31H,32-33H2. The van der Waals surface area contributed by atoms with Crippen molar-refractivity contribution in [3.8, 4) is 33.8 Å². The van der Waals surface area contributed by atoms with Crippen LogP contribution < -0.4 is 0 Å². The molecule has 0 aliphatic carbocycles. The number of aromatic nitrogens is 3. The number of ether oxygens (including phenoxy) is 1. The third-order valence-electron chi connectivity index (χ3n) is 10.4. The maximum Gasteiger partial charge on any atom is 0.0721 e. The molecule has 0 atom stereocenters. The summed E-state index contributed by atoms with van der Waals surface area (Å²) in [6.45, 7) is 1.10. The number of fused-ring (bicyclic) bond motifs is 6. The molecule has 10 aromatic rings. The second-order valence-electron chi connectivity index (χ2n) is 13.6. The first-order valence-corrected chi connectivity index (χ1v) is 18.1. The van der Waals surface area contributed by atoms with Crippen LogP contribution in [-0.2, 0) is 18.0 Å². The van der Waals surface area contributed by atoms with Crippen LogP contribution in [0.2, 0.25) is 0 Å². The van der Waals surface area contributed by atoms with Crippen LogP contribution in [-0.4, -0.2) is 14.1 Å². The molecule has 3 aromatic heterocycles. The molecule has 0 N–H and O–H groups in total. The summed E-state index contributed by atoms with van der Waals surface area (Å²) >= 11 is 0. The summed E-state index contributed by atoms with van der Waals surface area (Å²) in [6, 6.07) is 65.0. The van der Waals surface area contributed by atoms with Gasteiger partial charge in [0, 0.05) is 44.7 Å². The lowest BCUT2D eigenvalue weighted by molar-refractivity contribution is 0.107. The minimum Gasteiger partial charge on any atom is -0.372 e. The van der Waals surface area contributed by atoms with Crippen LogP contribution in [0.5, 0.6) is 0 Å². The van der Waals surface area contributed by atoms with Crippen molar-refractivity contribution < 1.29 is 4.74 Å². The summed E-state index contributed by atoms with van der Waals surface area (Å²) in [5.74, 6) is 0. The number of pyridine rings is 1. The van der Waals surface area contributed by atoms with Crippen LogP contribution in [0.1, 0.15) is 11.1 Å². The molecular weight excluding hydrogens is 647 g/mol. The maximum atomic E-state index is 6.20. The topological polar surface area (TPSA) is 32.0 Å². The zero-order valence-corrected chi connectivity index (χ0v) is 29.1. The van der Waals surface area contributed by atoms with Crippen molar-refractivity contribution in [3.63, 3.8) is 0 Å². The van der Waals surface area contributed by atoms with Gasteiger partial charge in [0.05, 0.1) is 41.0 Å². The van der Waals surface area contributed by atoms with Crippen molar-refractivity contribution in [2.45, 2.75) is 13.2 Å². The number of nitrogens with zero attached hydrogens (tertiary/aromatic N) is 3. The van der Waals surface area contributed by atoms with Gasteiger partial charge in [0.1, 0.15) is 0 Å². The monoisotopic (exact) mass is 681 g/mol. The minimum atomic E-state index is 0.543. The van der Waals surface area contributed by atoms with E-state index in [1.807, 2.05) is 24.4 Å². The van der Waals surface area contributed by atoms with E-state index in [0.717, 1.165) is 33.8 Å². The highest BCUT2D eigenvalue weighted by atomic mass is 16.5. The Hall–Kier alpha value is -6.75. The van der Waals surface area contributed by atoms with Gasteiger partial charge in [-0.1, -0.05) is 115 Å². The van der Waals surface area contributed by atoms with E-state index in [1.54, 1.807) is 0 Å². The van der Waals surface area contributed by atoms with E-state index in [-0.39, 0.29) is 0 Å². The Labute approximate surface area is 307 Å². The highest BCUT2D eigenvalue weighted by molar-refractivity contribution is 6.10. The van der Waals surface area contributed by atoms with E-state index in [9.17, 15) is 0 Å². The van der Waals surface area contributed by atoms with Crippen molar-refractivity contribution in [2.75, 3.05) is 0 Å². The van der Waals surface area contributed by atoms with Crippen LogP contribution in [0.3, 0.4) is 0 Å². The second-order valence-corrected chi connectivity index (χ2v) is 13.6. The van der Waals surface area contributed by atoms with Crippen LogP contribution >= 0.6 is 0 Å². The van der Waals surface area contributed by atoms with Crippen molar-refractivity contribution in [2.24, 2.45) is 0 Å². The smallest absolute Gasteiger partial charge is 0.0721 e. The molecule has 7 aromatic carbocycles. The van der Waals surface area contributed by atoms with E-state index in [4.69, 9.17) is 4.74 Å². The first-order valence-electron chi connectivity index (χ1n) is 18.1. The van der Waals surface area contributed by atoms with Crippen molar-refractivity contribution >= 4 is 43.6 Å². The Morgan fingerprint density at radius 1 is 0.377 bits per heavy atom. The first-order chi connectivity index (χ1) is 26.3. The molecule has 0 saturated carbocycles. The van der Waals surface area contributed by atoms with Gasteiger partial charge >= 0.3 is 0 Å². The fraction of sp³-hybridized carbons (Fsp3) is 0.0408. The van der Waals surface area contributed by atoms with Gasteiger partial charge in [-0.05, 0) is 89.0 Å². The van der Waals surface area contributed by atoms with Crippen LogP contribution in [0.15, 0.2) is 188 Å². The van der Waals surface area contributed by atoms with E-state index >= 15 is 0 Å². The average molecular weight is 682 g/mol. The third kappa shape index (κ3) is 5.57. The van der Waals surface area contributed by atoms with Crippen LogP contribution in [0, 0.1) is 0 Å². The molecule has 0 aliphatic rings. The molecule has 0 aliphatic heterocycles. The molecule has 3 heterocycles. The third-order valence-corrected chi connectivity index (χ3v) is 10.4. The molecule has 0 spiro atoms. The maximum absolute atomic E-state index is 6.20. The molecule has 10 rings (SSSR count). The lowest BCUT2D eigenvalue weighted by Crippen LogP contribution is -1.96. The largest absolute Gasteiger partial charge is 0.372 e. The van der Waals surface area contributed by atoms with Gasteiger partial charge in [-0.2, -0.15) is 0 Å². The molecule has 0 saturated heterocycles. The summed E-state index contributed by atoms with van der Waals surface area (Å²) < 4.78 is 10.9. The van der Waals surface area contributed by atoms with Gasteiger partial charge < -0.3 is 13.9 Å². The Bertz CT molecular complexity index is 2830. The number of rotatable bonds is 8. The molecule has 0 fully saturated rings. The Morgan fingerprint density at radius 2 is 0.830 bits per heavy atom. The van der Waals surface area contributed by atoms with Crippen molar-refractivity contribution in [3.05, 3.63) is 199 Å². The zero-order valence-electron chi connectivity index (χ0n) is 29.1. The zero-order chi connectivity index (χ0) is 35.1. The number of benzene rings is 7. The van der Waals surface area contributed by atoms with E-state index in [1.165, 1.54) is 54.7 Å². The van der Waals surface area contributed by atoms with Gasteiger partial charge in [-0.3, -0.25) is 4.98 Å². The molecular formula is C49H35N3O. The number of para-hydroxylation sites is 3. The second kappa shape index (κ2) is 13.1. The fourth-order valence-electron chi connectivity index (χ4n) is 7.79. The summed E-state index contributed by atoms with van der Waals surface area (Å²) in [4.78, 5) is 4.45. The molecule has 0 amide bonds. The minimum absolute atomic E-state index is 0.543. The fourth-order valence-corrected chi connectivity index (χ4v) is 7.79. The van der Waals surface area contributed by atoms with E-state index in [2.05, 4.69) is 178 Å². The summed E-state index contributed by atoms with van der Waals surface area (Å²) in [5, 5.41) is 5.01. The molecule has 4 heteroatoms. The molecule has 0 unspecified atom stereocenters. The Balaban J connectivity index is 0.900. The van der Waals surface area contributed by atoms with Crippen LogP contribution in [0.4, 0.5) is 0 Å². The van der Waals surface area contributed by atoms with Gasteiger partial charge in [0.25, 0.3) is 0 Å².